The summed E-state index contributed by atoms with van der Waals surface area (Å²) < 4.78 is 0.952. The van der Waals surface area contributed by atoms with E-state index >= 15 is 0 Å². The van der Waals surface area contributed by atoms with Gasteiger partial charge in [-0.1, -0.05) is 41.8 Å². The van der Waals surface area contributed by atoms with Crippen LogP contribution in [0.25, 0.3) is 0 Å². The molecule has 1 aliphatic carbocycles. The molecule has 1 N–H and O–H groups in total. The first-order valence-electron chi connectivity index (χ1n) is 6.67. The summed E-state index contributed by atoms with van der Waals surface area (Å²) >= 11 is 3.42. The Labute approximate surface area is 117 Å². The predicted octanol–water partition coefficient (Wildman–Crippen LogP) is 4.07. The van der Waals surface area contributed by atoms with Crippen LogP contribution in [0.2, 0.25) is 0 Å². The van der Waals surface area contributed by atoms with Crippen LogP contribution in [0.3, 0.4) is 0 Å². The lowest BCUT2D eigenvalue weighted by atomic mass is 10.1. The molecule has 3 heteroatoms. The number of halogens is 1. The van der Waals surface area contributed by atoms with Gasteiger partial charge in [-0.05, 0) is 43.4 Å². The van der Waals surface area contributed by atoms with E-state index < -0.39 is 0 Å². The fourth-order valence-electron chi connectivity index (χ4n) is 2.19. The summed E-state index contributed by atoms with van der Waals surface area (Å²) in [4.78, 5) is 12.3. The minimum absolute atomic E-state index is 0.0568. The minimum Gasteiger partial charge on any atom is -0.349 e. The number of benzene rings is 1. The van der Waals surface area contributed by atoms with E-state index in [4.69, 9.17) is 0 Å². The van der Waals surface area contributed by atoms with Gasteiger partial charge in [0.1, 0.15) is 0 Å². The molecule has 0 saturated heterocycles. The predicted molar refractivity (Wildman–Crippen MR) is 77.8 cm³/mol. The third-order valence-corrected chi connectivity index (χ3v) is 4.08. The molecule has 2 rings (SSSR count). The summed E-state index contributed by atoms with van der Waals surface area (Å²) in [6.07, 6.45) is 4.81. The molecule has 1 fully saturated rings. The van der Waals surface area contributed by atoms with Crippen molar-refractivity contribution in [3.05, 3.63) is 33.8 Å². The van der Waals surface area contributed by atoms with Crippen LogP contribution in [-0.4, -0.2) is 11.9 Å². The molecule has 1 saturated carbocycles. The third-order valence-electron chi connectivity index (χ3n) is 3.59. The van der Waals surface area contributed by atoms with Gasteiger partial charge in [-0.25, -0.2) is 0 Å². The van der Waals surface area contributed by atoms with Crippen molar-refractivity contribution in [2.75, 3.05) is 0 Å². The molecule has 18 heavy (non-hydrogen) atoms. The maximum atomic E-state index is 12.3. The minimum atomic E-state index is 0.0568. The molecule has 1 aromatic rings. The summed E-state index contributed by atoms with van der Waals surface area (Å²) in [6.45, 7) is 4.12. The quantitative estimate of drug-likeness (QED) is 0.873. The molecular weight excluding hydrogens is 290 g/mol. The van der Waals surface area contributed by atoms with Gasteiger partial charge in [0.15, 0.2) is 0 Å². The normalized spacial score (nSPS) is 16.4. The molecular formula is C15H20BrNO. The van der Waals surface area contributed by atoms with Crippen molar-refractivity contribution < 1.29 is 4.79 Å². The zero-order chi connectivity index (χ0) is 13.1. The number of rotatable bonds is 5. The highest BCUT2D eigenvalue weighted by Crippen LogP contribution is 2.34. The zero-order valence-corrected chi connectivity index (χ0v) is 12.6. The maximum Gasteiger partial charge on any atom is 0.251 e. The average Bonchev–Trinajstić information content (AvgIpc) is 3.15. The highest BCUT2D eigenvalue weighted by Gasteiger charge is 2.25. The van der Waals surface area contributed by atoms with Crippen LogP contribution in [0, 0.1) is 12.8 Å². The van der Waals surface area contributed by atoms with Crippen LogP contribution in [0.5, 0.6) is 0 Å². The van der Waals surface area contributed by atoms with Gasteiger partial charge in [0.2, 0.25) is 0 Å². The Morgan fingerprint density at radius 2 is 2.22 bits per heavy atom. The van der Waals surface area contributed by atoms with Crippen LogP contribution >= 0.6 is 15.9 Å². The van der Waals surface area contributed by atoms with Gasteiger partial charge in [0, 0.05) is 16.1 Å². The smallest absolute Gasteiger partial charge is 0.251 e. The summed E-state index contributed by atoms with van der Waals surface area (Å²) in [5, 5.41) is 3.16. The van der Waals surface area contributed by atoms with Gasteiger partial charge in [-0.2, -0.15) is 0 Å². The van der Waals surface area contributed by atoms with Crippen molar-refractivity contribution in [2.45, 2.75) is 45.6 Å². The lowest BCUT2D eigenvalue weighted by molar-refractivity contribution is 0.0932. The van der Waals surface area contributed by atoms with Crippen molar-refractivity contribution >= 4 is 21.8 Å². The summed E-state index contributed by atoms with van der Waals surface area (Å²) in [5.41, 5.74) is 1.80. The van der Waals surface area contributed by atoms with Gasteiger partial charge < -0.3 is 5.32 Å². The molecule has 1 atom stereocenters. The van der Waals surface area contributed by atoms with Gasteiger partial charge in [-0.15, -0.1) is 0 Å². The number of hydrogen-bond donors (Lipinski definition) is 1. The molecule has 1 aliphatic rings. The molecule has 0 aromatic heterocycles. The highest BCUT2D eigenvalue weighted by atomic mass is 79.9. The molecule has 1 unspecified atom stereocenters. The Kier molecular flexibility index (Phi) is 4.44. The Morgan fingerprint density at radius 3 is 2.83 bits per heavy atom. The molecule has 0 radical (unpaired) electrons. The van der Waals surface area contributed by atoms with Crippen molar-refractivity contribution in [1.82, 2.24) is 5.32 Å². The number of amides is 1. The SMILES string of the molecule is CCC(CC1CC1)NC(=O)c1cc(Br)ccc1C. The Hall–Kier alpha value is -0.830. The van der Waals surface area contributed by atoms with Crippen molar-refractivity contribution in [2.24, 2.45) is 5.92 Å². The fourth-order valence-corrected chi connectivity index (χ4v) is 2.55. The second-order valence-electron chi connectivity index (χ2n) is 5.22. The first-order chi connectivity index (χ1) is 8.60. The van der Waals surface area contributed by atoms with Crippen LogP contribution in [0.15, 0.2) is 22.7 Å². The number of carbonyl (C=O) groups excluding carboxylic acids is 1. The molecule has 0 spiro atoms. The Morgan fingerprint density at radius 1 is 1.50 bits per heavy atom. The molecule has 0 aliphatic heterocycles. The topological polar surface area (TPSA) is 29.1 Å². The standard InChI is InChI=1S/C15H20BrNO/c1-3-13(8-11-5-6-11)17-15(18)14-9-12(16)7-4-10(14)2/h4,7,9,11,13H,3,5-6,8H2,1-2H3,(H,17,18). The van der Waals surface area contributed by atoms with Crippen LogP contribution in [0.4, 0.5) is 0 Å². The second-order valence-corrected chi connectivity index (χ2v) is 6.13. The maximum absolute atomic E-state index is 12.3. The largest absolute Gasteiger partial charge is 0.349 e. The van der Waals surface area contributed by atoms with E-state index in [9.17, 15) is 4.79 Å². The van der Waals surface area contributed by atoms with E-state index in [0.29, 0.717) is 6.04 Å². The number of aryl methyl sites for hydroxylation is 1. The average molecular weight is 310 g/mol. The molecule has 1 amide bonds. The lowest BCUT2D eigenvalue weighted by Gasteiger charge is -2.17. The van der Waals surface area contributed by atoms with Crippen LogP contribution < -0.4 is 5.32 Å². The van der Waals surface area contributed by atoms with Crippen LogP contribution in [0.1, 0.15) is 48.5 Å². The van der Waals surface area contributed by atoms with Gasteiger partial charge in [0.25, 0.3) is 5.91 Å². The highest BCUT2D eigenvalue weighted by molar-refractivity contribution is 9.10. The van der Waals surface area contributed by atoms with E-state index in [2.05, 4.69) is 28.2 Å². The molecule has 1 aromatic carbocycles. The monoisotopic (exact) mass is 309 g/mol. The Balaban J connectivity index is 2.02. The van der Waals surface area contributed by atoms with Crippen LogP contribution in [-0.2, 0) is 0 Å². The summed E-state index contributed by atoms with van der Waals surface area (Å²) in [5.74, 6) is 0.903. The lowest BCUT2D eigenvalue weighted by Crippen LogP contribution is -2.35. The number of carbonyl (C=O) groups is 1. The van der Waals surface area contributed by atoms with Gasteiger partial charge >= 0.3 is 0 Å². The Bertz CT molecular complexity index is 440. The second kappa shape index (κ2) is 5.87. The zero-order valence-electron chi connectivity index (χ0n) is 11.0. The molecule has 98 valence electrons. The number of hydrogen-bond acceptors (Lipinski definition) is 1. The molecule has 0 bridgehead atoms. The van der Waals surface area contributed by atoms with E-state index in [1.165, 1.54) is 12.8 Å². The van der Waals surface area contributed by atoms with E-state index in [1.807, 2.05) is 25.1 Å². The van der Waals surface area contributed by atoms with Crippen molar-refractivity contribution in [3.8, 4) is 0 Å². The summed E-state index contributed by atoms with van der Waals surface area (Å²) in [7, 11) is 0. The first kappa shape index (κ1) is 13.6. The van der Waals surface area contributed by atoms with E-state index in [-0.39, 0.29) is 5.91 Å². The molecule has 0 heterocycles. The van der Waals surface area contributed by atoms with Gasteiger partial charge in [-0.3, -0.25) is 4.79 Å². The van der Waals surface area contributed by atoms with E-state index in [0.717, 1.165) is 34.4 Å². The number of nitrogens with one attached hydrogen (secondary N) is 1. The summed E-state index contributed by atoms with van der Waals surface area (Å²) in [6, 6.07) is 6.16. The third kappa shape index (κ3) is 3.58. The van der Waals surface area contributed by atoms with Gasteiger partial charge in [0.05, 0.1) is 0 Å². The molecule has 2 nitrogen and oxygen atoms in total. The first-order valence-corrected chi connectivity index (χ1v) is 7.46. The van der Waals surface area contributed by atoms with Crippen molar-refractivity contribution in [1.29, 1.82) is 0 Å². The fraction of sp³-hybridized carbons (Fsp3) is 0.533. The van der Waals surface area contributed by atoms with Crippen molar-refractivity contribution in [3.63, 3.8) is 0 Å². The van der Waals surface area contributed by atoms with E-state index in [1.54, 1.807) is 0 Å².